The monoisotopic (exact) mass is 1360 g/mol. The topological polar surface area (TPSA) is 197 Å². The molecule has 4 aromatic carbocycles. The Balaban J connectivity index is 0. The van der Waals surface area contributed by atoms with Gasteiger partial charge in [-0.3, -0.25) is 0 Å². The lowest BCUT2D eigenvalue weighted by atomic mass is 10.1. The van der Waals surface area contributed by atoms with Crippen LogP contribution in [0.2, 0.25) is 36.3 Å². The van der Waals surface area contributed by atoms with Crippen molar-refractivity contribution < 1.29 is 63.5 Å². The minimum Gasteiger partial charge on any atom is -0.417 e. The summed E-state index contributed by atoms with van der Waals surface area (Å²) in [7, 11) is -3.35. The molecule has 0 saturated heterocycles. The molecule has 0 spiro atoms. The third kappa shape index (κ3) is 48.9. The molecule has 0 aromatic heterocycles. The van der Waals surface area contributed by atoms with Crippen molar-refractivity contribution in [1.82, 2.24) is 0 Å². The number of aliphatic hydroxyl groups excluding tert-OH is 7. The van der Waals surface area contributed by atoms with E-state index in [0.717, 1.165) is 74.6 Å². The Morgan fingerprint density at radius 2 is 0.578 bits per heavy atom. The summed E-state index contributed by atoms with van der Waals surface area (Å²) in [6.45, 7) is 35.7. The zero-order valence-corrected chi connectivity index (χ0v) is 62.4. The lowest BCUT2D eigenvalue weighted by molar-refractivity contribution is 0.00942. The van der Waals surface area contributed by atoms with Gasteiger partial charge in [0.2, 0.25) is 0 Å². The molecule has 0 amide bonds. The highest BCUT2D eigenvalue weighted by molar-refractivity contribution is 9.09. The summed E-state index contributed by atoms with van der Waals surface area (Å²) >= 11 is 3.53. The maximum absolute atomic E-state index is 9.21. The first-order valence-electron chi connectivity index (χ1n) is 33.7. The van der Waals surface area contributed by atoms with Gasteiger partial charge in [-0.1, -0.05) is 232 Å². The molecule has 7 N–H and O–H groups in total. The van der Waals surface area contributed by atoms with Crippen LogP contribution in [0.3, 0.4) is 0 Å². The second-order valence-electron chi connectivity index (χ2n) is 26.0. The van der Waals surface area contributed by atoms with Gasteiger partial charge in [-0.25, -0.2) is 0 Å². The molecule has 13 nitrogen and oxygen atoms in total. The molecule has 4 aromatic rings. The Labute approximate surface area is 559 Å². The van der Waals surface area contributed by atoms with Crippen LogP contribution in [0.1, 0.15) is 194 Å². The Morgan fingerprint density at radius 3 is 0.811 bits per heavy atom. The smallest absolute Gasteiger partial charge is 0.191 e. The van der Waals surface area contributed by atoms with E-state index in [1.807, 2.05) is 60.7 Å². The van der Waals surface area contributed by atoms with Crippen LogP contribution < -0.4 is 0 Å². The minimum atomic E-state index is -1.70. The van der Waals surface area contributed by atoms with Gasteiger partial charge in [0.25, 0.3) is 0 Å². The molecule has 2 unspecified atom stereocenters. The van der Waals surface area contributed by atoms with Crippen molar-refractivity contribution in [3.63, 3.8) is 0 Å². The third-order valence-corrected chi connectivity index (χ3v) is 25.4. The van der Waals surface area contributed by atoms with Crippen molar-refractivity contribution >= 4 is 32.6 Å². The molecule has 0 saturated carbocycles. The standard InChI is InChI=1S/C18H31BrO2Si.C18H32O3Si.C14H22O.C12H18O3.C7H16O.C5H12O3/c2*1-18(2,3)22(4,5)21-14-12-17(11-13-19)20-15-16-9-7-6-8-10-16;1-3-8-14(9-4-2)15-12-13-10-6-5-7-11-13;13-8-6-12(7-9-14)15-10-11-4-2-1-3-5-11;1-3-5-7(8)6-4-2;6-3-1-5(8)2-4-7/h6-10,17H,11-15H2,1-5H3;6-10,17,19H,11-15H2,1-5H3;5-7,10-11,14H,3-4,8-9,12H2,1-2H3;1-5,12-14H,6-10H2;7-8H,3-6H2,1-2H3;5-8H,1-4H2. The van der Waals surface area contributed by atoms with Gasteiger partial charge in [0, 0.05) is 51.6 Å². The number of benzene rings is 4. The highest BCUT2D eigenvalue weighted by Gasteiger charge is 2.38. The van der Waals surface area contributed by atoms with Gasteiger partial charge in [0.05, 0.1) is 63.1 Å². The van der Waals surface area contributed by atoms with E-state index in [-0.39, 0.29) is 67.5 Å². The Hall–Kier alpha value is -2.73. The molecule has 90 heavy (non-hydrogen) atoms. The fourth-order valence-electron chi connectivity index (χ4n) is 8.17. The van der Waals surface area contributed by atoms with E-state index in [2.05, 4.69) is 172 Å². The average Bonchev–Trinajstić information content (AvgIpc) is 3.43. The predicted octanol–water partition coefficient (Wildman–Crippen LogP) is 16.7. The van der Waals surface area contributed by atoms with Gasteiger partial charge in [0.1, 0.15) is 0 Å². The maximum atomic E-state index is 9.21. The van der Waals surface area contributed by atoms with Gasteiger partial charge < -0.3 is 63.5 Å². The quantitative estimate of drug-likeness (QED) is 0.0164. The molecule has 0 aliphatic rings. The van der Waals surface area contributed by atoms with E-state index in [1.165, 1.54) is 36.8 Å². The molecule has 520 valence electrons. The number of rotatable bonds is 40. The van der Waals surface area contributed by atoms with Crippen molar-refractivity contribution in [2.45, 2.75) is 271 Å². The maximum Gasteiger partial charge on any atom is 0.191 e. The minimum absolute atomic E-state index is 0.0127. The van der Waals surface area contributed by atoms with Crippen LogP contribution in [0, 0.1) is 0 Å². The average molecular weight is 1360 g/mol. The number of hydrogen-bond donors (Lipinski definition) is 7. The number of alkyl halides is 1. The van der Waals surface area contributed by atoms with E-state index < -0.39 is 22.7 Å². The van der Waals surface area contributed by atoms with E-state index in [1.54, 1.807) is 0 Å². The molecule has 0 bridgehead atoms. The summed E-state index contributed by atoms with van der Waals surface area (Å²) in [6.07, 6.45) is 14.4. The Kier molecular flexibility index (Phi) is 56.2. The molecular formula is C74H131BrO13Si2. The van der Waals surface area contributed by atoms with Crippen molar-refractivity contribution in [3.05, 3.63) is 144 Å². The highest BCUT2D eigenvalue weighted by atomic mass is 79.9. The summed E-state index contributed by atoms with van der Waals surface area (Å²) in [4.78, 5) is 0. The molecule has 0 aliphatic carbocycles. The fraction of sp³-hybridized carbons (Fsp3) is 0.676. The number of hydrogen-bond acceptors (Lipinski definition) is 13. The van der Waals surface area contributed by atoms with E-state index >= 15 is 0 Å². The van der Waals surface area contributed by atoms with Crippen LogP contribution in [-0.2, 0) is 54.2 Å². The normalized spacial score (nSPS) is 12.4. The molecule has 0 heterocycles. The summed E-state index contributed by atoms with van der Waals surface area (Å²) in [5, 5.41) is 62.5. The Morgan fingerprint density at radius 1 is 0.344 bits per heavy atom. The molecule has 2 atom stereocenters. The first-order chi connectivity index (χ1) is 42.9. The molecule has 0 radical (unpaired) electrons. The second-order valence-corrected chi connectivity index (χ2v) is 36.4. The number of aliphatic hydroxyl groups is 7. The van der Waals surface area contributed by atoms with Gasteiger partial charge in [0.15, 0.2) is 16.6 Å². The van der Waals surface area contributed by atoms with E-state index in [0.29, 0.717) is 64.6 Å². The molecule has 16 heteroatoms. The molecular weight excluding hydrogens is 1230 g/mol. The van der Waals surface area contributed by atoms with Crippen molar-refractivity contribution in [2.75, 3.05) is 51.6 Å². The first kappa shape index (κ1) is 89.3. The summed E-state index contributed by atoms with van der Waals surface area (Å²) in [5.74, 6) is 0. The van der Waals surface area contributed by atoms with Crippen molar-refractivity contribution in [1.29, 1.82) is 0 Å². The van der Waals surface area contributed by atoms with Gasteiger partial charge in [-0.15, -0.1) is 0 Å². The predicted molar refractivity (Wildman–Crippen MR) is 384 cm³/mol. The molecule has 4 rings (SSSR count). The van der Waals surface area contributed by atoms with Crippen LogP contribution in [0.5, 0.6) is 0 Å². The van der Waals surface area contributed by atoms with E-state index in [4.69, 9.17) is 58.4 Å². The number of ether oxygens (including phenoxy) is 4. The van der Waals surface area contributed by atoms with Crippen LogP contribution in [-0.4, -0.2) is 141 Å². The van der Waals surface area contributed by atoms with Crippen molar-refractivity contribution in [3.8, 4) is 0 Å². The zero-order valence-electron chi connectivity index (χ0n) is 58.8. The lowest BCUT2D eigenvalue weighted by Gasteiger charge is -2.36. The zero-order chi connectivity index (χ0) is 68.0. The lowest BCUT2D eigenvalue weighted by Crippen LogP contribution is -2.41. The van der Waals surface area contributed by atoms with Gasteiger partial charge in [-0.05, 0) is 136 Å². The van der Waals surface area contributed by atoms with Crippen molar-refractivity contribution in [2.24, 2.45) is 0 Å². The van der Waals surface area contributed by atoms with Crippen LogP contribution in [0.4, 0.5) is 0 Å². The summed E-state index contributed by atoms with van der Waals surface area (Å²) in [5.41, 5.74) is 4.77. The third-order valence-electron chi connectivity index (χ3n) is 15.9. The molecule has 0 aliphatic heterocycles. The van der Waals surface area contributed by atoms with Gasteiger partial charge in [-0.2, -0.15) is 0 Å². The summed E-state index contributed by atoms with van der Waals surface area (Å²) < 4.78 is 36.0. The van der Waals surface area contributed by atoms with Gasteiger partial charge >= 0.3 is 0 Å². The SMILES string of the molecule is CC(C)(C)[Si](C)(C)OCCC(CCBr)OCc1ccccc1.CC(C)(C)[Si](C)(C)OCCC(CCO)OCc1ccccc1.CCCC(CCC)OCc1ccccc1.CCCC(O)CCC.OCCC(CCO)OCc1ccccc1.OCCC(O)CCO. The Bertz CT molecular complexity index is 1940. The van der Waals surface area contributed by atoms with E-state index in [9.17, 15) is 5.11 Å². The van der Waals surface area contributed by atoms with Crippen LogP contribution in [0.25, 0.3) is 0 Å². The second kappa shape index (κ2) is 56.6. The fourth-order valence-corrected chi connectivity index (χ4v) is 10.8. The molecule has 0 fully saturated rings. The first-order valence-corrected chi connectivity index (χ1v) is 40.7. The largest absolute Gasteiger partial charge is 0.417 e. The number of halogens is 1. The highest BCUT2D eigenvalue weighted by Crippen LogP contribution is 2.37. The summed E-state index contributed by atoms with van der Waals surface area (Å²) in [6, 6.07) is 40.8. The van der Waals surface area contributed by atoms with Crippen LogP contribution >= 0.6 is 15.9 Å². The van der Waals surface area contributed by atoms with Crippen LogP contribution in [0.15, 0.2) is 121 Å².